The molecular formula is C16H18N6O2. The van der Waals surface area contributed by atoms with Crippen molar-refractivity contribution in [2.75, 3.05) is 7.11 Å². The van der Waals surface area contributed by atoms with Crippen LogP contribution < -0.4 is 10.1 Å². The molecule has 0 radical (unpaired) electrons. The van der Waals surface area contributed by atoms with E-state index in [1.54, 1.807) is 20.1 Å². The zero-order valence-corrected chi connectivity index (χ0v) is 13.6. The second-order valence-electron chi connectivity index (χ2n) is 5.37. The summed E-state index contributed by atoms with van der Waals surface area (Å²) in [5.41, 5.74) is 1.95. The summed E-state index contributed by atoms with van der Waals surface area (Å²) in [5.74, 6) is 1.74. The topological polar surface area (TPSA) is 109 Å². The Bertz CT molecular complexity index is 836. The third kappa shape index (κ3) is 3.27. The first kappa shape index (κ1) is 15.7. The molecule has 0 spiro atoms. The lowest BCUT2D eigenvalue weighted by molar-refractivity contribution is 0.0933. The van der Waals surface area contributed by atoms with Gasteiger partial charge in [-0.3, -0.25) is 15.0 Å². The first-order chi connectivity index (χ1) is 11.6. The maximum absolute atomic E-state index is 12.3. The molecule has 3 N–H and O–H groups in total. The molecule has 0 fully saturated rings. The molecule has 1 amide bonds. The highest BCUT2D eigenvalue weighted by Gasteiger charge is 2.17. The summed E-state index contributed by atoms with van der Waals surface area (Å²) >= 11 is 0. The summed E-state index contributed by atoms with van der Waals surface area (Å²) in [7, 11) is 1.61. The summed E-state index contributed by atoms with van der Waals surface area (Å²) in [5, 5.41) is 16.6. The lowest BCUT2D eigenvalue weighted by Gasteiger charge is -2.08. The van der Waals surface area contributed by atoms with Crippen LogP contribution >= 0.6 is 0 Å². The second-order valence-corrected chi connectivity index (χ2v) is 5.37. The number of carbonyl (C=O) groups is 1. The van der Waals surface area contributed by atoms with Gasteiger partial charge in [0.1, 0.15) is 17.3 Å². The highest BCUT2D eigenvalue weighted by molar-refractivity contribution is 5.93. The Morgan fingerprint density at radius 3 is 2.58 bits per heavy atom. The van der Waals surface area contributed by atoms with Gasteiger partial charge in [-0.05, 0) is 44.2 Å². The fraction of sp³-hybridized carbons (Fsp3) is 0.250. The van der Waals surface area contributed by atoms with Crippen LogP contribution in [0.25, 0.3) is 11.3 Å². The summed E-state index contributed by atoms with van der Waals surface area (Å²) in [6.07, 6.45) is 0. The number of carbonyl (C=O) groups excluding carboxylic acids is 1. The number of nitrogens with one attached hydrogen (secondary N) is 3. The number of nitrogens with zero attached hydrogens (tertiary/aromatic N) is 3. The van der Waals surface area contributed by atoms with E-state index in [2.05, 4.69) is 30.7 Å². The van der Waals surface area contributed by atoms with E-state index in [0.717, 1.165) is 11.3 Å². The van der Waals surface area contributed by atoms with Crippen LogP contribution in [0.1, 0.15) is 35.1 Å². The normalized spacial score (nSPS) is 12.0. The fourth-order valence-corrected chi connectivity index (χ4v) is 2.24. The molecule has 0 bridgehead atoms. The van der Waals surface area contributed by atoms with Gasteiger partial charge in [0.05, 0.1) is 18.8 Å². The zero-order valence-electron chi connectivity index (χ0n) is 13.6. The number of benzene rings is 1. The van der Waals surface area contributed by atoms with Gasteiger partial charge in [0.25, 0.3) is 5.91 Å². The summed E-state index contributed by atoms with van der Waals surface area (Å²) in [6, 6.07) is 8.85. The number of amides is 1. The van der Waals surface area contributed by atoms with E-state index in [4.69, 9.17) is 4.74 Å². The SMILES string of the molecule is COc1ccc(-c2cc(C(=O)N[C@@H](C)c3n[nH]c(C)n3)[nH]n2)cc1. The number of aryl methyl sites for hydroxylation is 1. The van der Waals surface area contributed by atoms with Gasteiger partial charge in [-0.15, -0.1) is 0 Å². The van der Waals surface area contributed by atoms with Crippen molar-refractivity contribution >= 4 is 5.91 Å². The molecule has 2 aromatic heterocycles. The Balaban J connectivity index is 1.71. The predicted molar refractivity (Wildman–Crippen MR) is 87.6 cm³/mol. The molecular weight excluding hydrogens is 308 g/mol. The van der Waals surface area contributed by atoms with Gasteiger partial charge >= 0.3 is 0 Å². The van der Waals surface area contributed by atoms with Crippen LogP contribution in [-0.4, -0.2) is 38.4 Å². The highest BCUT2D eigenvalue weighted by atomic mass is 16.5. The Kier molecular flexibility index (Phi) is 4.28. The number of aromatic nitrogens is 5. The molecule has 0 aliphatic rings. The predicted octanol–water partition coefficient (Wildman–Crippen LogP) is 2.00. The minimum atomic E-state index is -0.310. The van der Waals surface area contributed by atoms with Crippen LogP contribution in [0, 0.1) is 6.92 Å². The summed E-state index contributed by atoms with van der Waals surface area (Å²) in [6.45, 7) is 3.63. The van der Waals surface area contributed by atoms with Crippen LogP contribution in [0.3, 0.4) is 0 Å². The number of aromatic amines is 2. The molecule has 1 aromatic carbocycles. The number of H-pyrrole nitrogens is 2. The molecule has 2 heterocycles. The maximum atomic E-state index is 12.3. The smallest absolute Gasteiger partial charge is 0.269 e. The lowest BCUT2D eigenvalue weighted by atomic mass is 10.1. The number of methoxy groups -OCH3 is 1. The van der Waals surface area contributed by atoms with Crippen LogP contribution in [0.4, 0.5) is 0 Å². The van der Waals surface area contributed by atoms with Crippen molar-refractivity contribution in [2.45, 2.75) is 19.9 Å². The average Bonchev–Trinajstić information content (AvgIpc) is 3.24. The molecule has 8 nitrogen and oxygen atoms in total. The van der Waals surface area contributed by atoms with Crippen LogP contribution in [0.15, 0.2) is 30.3 Å². The molecule has 0 unspecified atom stereocenters. The highest BCUT2D eigenvalue weighted by Crippen LogP contribution is 2.21. The van der Waals surface area contributed by atoms with Crippen LogP contribution in [0.5, 0.6) is 5.75 Å². The summed E-state index contributed by atoms with van der Waals surface area (Å²) in [4.78, 5) is 16.5. The molecule has 124 valence electrons. The van der Waals surface area contributed by atoms with Gasteiger partial charge in [0, 0.05) is 5.56 Å². The van der Waals surface area contributed by atoms with Crippen LogP contribution in [0.2, 0.25) is 0 Å². The van der Waals surface area contributed by atoms with E-state index in [-0.39, 0.29) is 11.9 Å². The van der Waals surface area contributed by atoms with E-state index < -0.39 is 0 Å². The van der Waals surface area contributed by atoms with E-state index in [0.29, 0.717) is 23.0 Å². The second kappa shape index (κ2) is 6.53. The van der Waals surface area contributed by atoms with E-state index in [1.165, 1.54) is 0 Å². The van der Waals surface area contributed by atoms with Crippen LogP contribution in [-0.2, 0) is 0 Å². The lowest BCUT2D eigenvalue weighted by Crippen LogP contribution is -2.27. The number of ether oxygens (including phenoxy) is 1. The number of hydrogen-bond acceptors (Lipinski definition) is 5. The van der Waals surface area contributed by atoms with Gasteiger partial charge in [0.15, 0.2) is 5.82 Å². The maximum Gasteiger partial charge on any atom is 0.269 e. The molecule has 3 aromatic rings. The number of rotatable bonds is 5. The average molecular weight is 326 g/mol. The molecule has 0 saturated carbocycles. The van der Waals surface area contributed by atoms with Crippen molar-refractivity contribution in [1.29, 1.82) is 0 Å². The van der Waals surface area contributed by atoms with Crippen molar-refractivity contribution in [2.24, 2.45) is 0 Å². The Hall–Kier alpha value is -3.16. The Morgan fingerprint density at radius 1 is 1.21 bits per heavy atom. The van der Waals surface area contributed by atoms with Crippen molar-refractivity contribution in [3.05, 3.63) is 47.7 Å². The molecule has 24 heavy (non-hydrogen) atoms. The van der Waals surface area contributed by atoms with Crippen molar-refractivity contribution in [1.82, 2.24) is 30.7 Å². The first-order valence-electron chi connectivity index (χ1n) is 7.46. The van der Waals surface area contributed by atoms with Gasteiger partial charge in [-0.1, -0.05) is 0 Å². The molecule has 8 heteroatoms. The molecule has 0 aliphatic heterocycles. The monoisotopic (exact) mass is 326 g/mol. The first-order valence-corrected chi connectivity index (χ1v) is 7.46. The molecule has 3 rings (SSSR count). The van der Waals surface area contributed by atoms with Gasteiger partial charge in [-0.25, -0.2) is 4.98 Å². The molecule has 0 saturated heterocycles. The molecule has 0 aliphatic carbocycles. The van der Waals surface area contributed by atoms with Gasteiger partial charge in [0.2, 0.25) is 0 Å². The quantitative estimate of drug-likeness (QED) is 0.664. The van der Waals surface area contributed by atoms with E-state index >= 15 is 0 Å². The van der Waals surface area contributed by atoms with Gasteiger partial charge < -0.3 is 10.1 Å². The standard InChI is InChI=1S/C16H18N6O2/c1-9(15-18-10(2)19-22-15)17-16(23)14-8-13(20-21-14)11-4-6-12(24-3)7-5-11/h4-9H,1-3H3,(H,17,23)(H,20,21)(H,18,19,22)/t9-/m0/s1. The van der Waals surface area contributed by atoms with E-state index in [1.807, 2.05) is 31.2 Å². The van der Waals surface area contributed by atoms with E-state index in [9.17, 15) is 4.79 Å². The van der Waals surface area contributed by atoms with Crippen molar-refractivity contribution in [3.8, 4) is 17.0 Å². The molecule has 1 atom stereocenters. The minimum Gasteiger partial charge on any atom is -0.497 e. The Labute approximate surface area is 138 Å². The summed E-state index contributed by atoms with van der Waals surface area (Å²) < 4.78 is 5.13. The van der Waals surface area contributed by atoms with Gasteiger partial charge in [-0.2, -0.15) is 10.2 Å². The fourth-order valence-electron chi connectivity index (χ4n) is 2.24. The number of hydrogen-bond donors (Lipinski definition) is 3. The largest absolute Gasteiger partial charge is 0.497 e. The third-order valence-electron chi connectivity index (χ3n) is 3.56. The van der Waals surface area contributed by atoms with Crippen molar-refractivity contribution in [3.63, 3.8) is 0 Å². The Morgan fingerprint density at radius 2 is 1.96 bits per heavy atom. The minimum absolute atomic E-state index is 0.266. The van der Waals surface area contributed by atoms with Crippen molar-refractivity contribution < 1.29 is 9.53 Å². The third-order valence-corrected chi connectivity index (χ3v) is 3.56. The zero-order chi connectivity index (χ0) is 17.1.